The summed E-state index contributed by atoms with van der Waals surface area (Å²) in [6.45, 7) is 2.25. The van der Waals surface area contributed by atoms with E-state index in [1.807, 2.05) is 0 Å². The molecule has 0 fully saturated rings. The highest BCUT2D eigenvalue weighted by atomic mass is 19.1. The van der Waals surface area contributed by atoms with Crippen LogP contribution in [0.25, 0.3) is 0 Å². The fourth-order valence-corrected chi connectivity index (χ4v) is 1.57. The minimum Gasteiger partial charge on any atom is -0.384 e. The van der Waals surface area contributed by atoms with E-state index in [1.165, 1.54) is 6.07 Å². The van der Waals surface area contributed by atoms with Gasteiger partial charge in [-0.15, -0.1) is 0 Å². The number of aliphatic hydroxyl groups excluding tert-OH is 1. The van der Waals surface area contributed by atoms with Crippen LogP contribution in [0.3, 0.4) is 0 Å². The summed E-state index contributed by atoms with van der Waals surface area (Å²) in [5, 5.41) is 8.58. The van der Waals surface area contributed by atoms with E-state index < -0.39 is 0 Å². The van der Waals surface area contributed by atoms with Crippen molar-refractivity contribution in [3.05, 3.63) is 35.1 Å². The molecular weight excluding hydrogens is 275 g/mol. The van der Waals surface area contributed by atoms with Gasteiger partial charge in [-0.3, -0.25) is 0 Å². The molecule has 0 radical (unpaired) electrons. The Morgan fingerprint density at radius 2 is 1.95 bits per heavy atom. The van der Waals surface area contributed by atoms with Gasteiger partial charge in [-0.1, -0.05) is 17.9 Å². The molecule has 0 aliphatic carbocycles. The number of halogens is 1. The van der Waals surface area contributed by atoms with E-state index in [0.29, 0.717) is 37.6 Å². The summed E-state index contributed by atoms with van der Waals surface area (Å²) in [5.74, 6) is 4.78. The van der Waals surface area contributed by atoms with Gasteiger partial charge in [0.2, 0.25) is 0 Å². The minimum absolute atomic E-state index is 0.220. The van der Waals surface area contributed by atoms with Crippen LogP contribution < -0.4 is 0 Å². The van der Waals surface area contributed by atoms with Gasteiger partial charge in [0.1, 0.15) is 12.4 Å². The standard InChI is InChI=1S/C16H21FO4/c1-19-10-11-20-8-3-9-21-13-15-6-5-14(4-2-7-18)12-16(15)17/h5-6,12,18H,3,7-11,13H2,1H3. The van der Waals surface area contributed by atoms with Crippen LogP contribution in [0.1, 0.15) is 17.5 Å². The molecule has 1 rings (SSSR count). The zero-order valence-electron chi connectivity index (χ0n) is 12.2. The summed E-state index contributed by atoms with van der Waals surface area (Å²) in [6, 6.07) is 4.69. The lowest BCUT2D eigenvalue weighted by Gasteiger charge is -2.06. The first-order valence-electron chi connectivity index (χ1n) is 6.80. The Labute approximate surface area is 124 Å². The summed E-state index contributed by atoms with van der Waals surface area (Å²) < 4.78 is 29.3. The molecule has 0 saturated carbocycles. The topological polar surface area (TPSA) is 47.9 Å². The molecular formula is C16H21FO4. The van der Waals surface area contributed by atoms with Gasteiger partial charge in [0.25, 0.3) is 0 Å². The average molecular weight is 296 g/mol. The number of hydrogen-bond acceptors (Lipinski definition) is 4. The largest absolute Gasteiger partial charge is 0.384 e. The first-order valence-corrected chi connectivity index (χ1v) is 6.80. The van der Waals surface area contributed by atoms with Gasteiger partial charge < -0.3 is 19.3 Å². The maximum Gasteiger partial charge on any atom is 0.129 e. The number of benzene rings is 1. The van der Waals surface area contributed by atoms with Crippen molar-refractivity contribution in [1.82, 2.24) is 0 Å². The summed E-state index contributed by atoms with van der Waals surface area (Å²) in [4.78, 5) is 0. The van der Waals surface area contributed by atoms with E-state index in [-0.39, 0.29) is 19.0 Å². The fraction of sp³-hybridized carbons (Fsp3) is 0.500. The van der Waals surface area contributed by atoms with E-state index in [9.17, 15) is 4.39 Å². The Morgan fingerprint density at radius 1 is 1.14 bits per heavy atom. The highest BCUT2D eigenvalue weighted by Gasteiger charge is 2.03. The normalized spacial score (nSPS) is 10.2. The molecule has 0 atom stereocenters. The van der Waals surface area contributed by atoms with Gasteiger partial charge in [-0.25, -0.2) is 4.39 Å². The predicted molar refractivity (Wildman–Crippen MR) is 77.3 cm³/mol. The highest BCUT2D eigenvalue weighted by Crippen LogP contribution is 2.11. The van der Waals surface area contributed by atoms with Crippen molar-refractivity contribution in [1.29, 1.82) is 0 Å². The average Bonchev–Trinajstić information content (AvgIpc) is 2.49. The Balaban J connectivity index is 2.23. The molecule has 0 unspecified atom stereocenters. The molecule has 0 saturated heterocycles. The lowest BCUT2D eigenvalue weighted by Crippen LogP contribution is -2.06. The molecule has 21 heavy (non-hydrogen) atoms. The smallest absolute Gasteiger partial charge is 0.129 e. The van der Waals surface area contributed by atoms with Gasteiger partial charge in [0.05, 0.1) is 19.8 Å². The van der Waals surface area contributed by atoms with Gasteiger partial charge in [0.15, 0.2) is 0 Å². The van der Waals surface area contributed by atoms with Crippen LogP contribution in [-0.2, 0) is 20.8 Å². The third kappa shape index (κ3) is 7.78. The maximum atomic E-state index is 13.7. The number of ether oxygens (including phenoxy) is 3. The predicted octanol–water partition coefficient (Wildman–Crippen LogP) is 1.74. The highest BCUT2D eigenvalue weighted by molar-refractivity contribution is 5.36. The second-order valence-corrected chi connectivity index (χ2v) is 4.28. The SMILES string of the molecule is COCCOCCCOCc1ccc(C#CCO)cc1F. The summed E-state index contributed by atoms with van der Waals surface area (Å²) in [5.41, 5.74) is 1.03. The zero-order valence-corrected chi connectivity index (χ0v) is 12.2. The maximum absolute atomic E-state index is 13.7. The first kappa shape index (κ1) is 17.6. The number of hydrogen-bond donors (Lipinski definition) is 1. The van der Waals surface area contributed by atoms with Crippen molar-refractivity contribution in [3.63, 3.8) is 0 Å². The van der Waals surface area contributed by atoms with Crippen LogP contribution in [0.5, 0.6) is 0 Å². The molecule has 4 nitrogen and oxygen atoms in total. The third-order valence-corrected chi connectivity index (χ3v) is 2.63. The van der Waals surface area contributed by atoms with Crippen LogP contribution >= 0.6 is 0 Å². The molecule has 116 valence electrons. The Kier molecular flexibility index (Phi) is 9.42. The van der Waals surface area contributed by atoms with Gasteiger partial charge in [-0.2, -0.15) is 0 Å². The lowest BCUT2D eigenvalue weighted by molar-refractivity contribution is 0.0479. The molecule has 1 aromatic carbocycles. The van der Waals surface area contributed by atoms with Gasteiger partial charge in [-0.05, 0) is 18.6 Å². The monoisotopic (exact) mass is 296 g/mol. The van der Waals surface area contributed by atoms with E-state index in [1.54, 1.807) is 19.2 Å². The molecule has 0 bridgehead atoms. The first-order chi connectivity index (χ1) is 10.3. The van der Waals surface area contributed by atoms with Gasteiger partial charge in [0, 0.05) is 31.5 Å². The van der Waals surface area contributed by atoms with Crippen molar-refractivity contribution in [2.45, 2.75) is 13.0 Å². The van der Waals surface area contributed by atoms with E-state index in [4.69, 9.17) is 19.3 Å². The zero-order chi connectivity index (χ0) is 15.3. The quantitative estimate of drug-likeness (QED) is 0.557. The summed E-state index contributed by atoms with van der Waals surface area (Å²) in [7, 11) is 1.63. The van der Waals surface area contributed by atoms with E-state index >= 15 is 0 Å². The summed E-state index contributed by atoms with van der Waals surface area (Å²) in [6.07, 6.45) is 0.755. The van der Waals surface area contributed by atoms with Crippen LogP contribution in [0.15, 0.2) is 18.2 Å². The second-order valence-electron chi connectivity index (χ2n) is 4.28. The van der Waals surface area contributed by atoms with E-state index in [0.717, 1.165) is 6.42 Å². The van der Waals surface area contributed by atoms with Crippen LogP contribution in [-0.4, -0.2) is 45.3 Å². The van der Waals surface area contributed by atoms with Crippen LogP contribution in [0.2, 0.25) is 0 Å². The van der Waals surface area contributed by atoms with E-state index in [2.05, 4.69) is 11.8 Å². The van der Waals surface area contributed by atoms with Crippen LogP contribution in [0.4, 0.5) is 4.39 Å². The molecule has 5 heteroatoms. The molecule has 0 heterocycles. The third-order valence-electron chi connectivity index (χ3n) is 2.63. The van der Waals surface area contributed by atoms with Crippen molar-refractivity contribution in [3.8, 4) is 11.8 Å². The van der Waals surface area contributed by atoms with Gasteiger partial charge >= 0.3 is 0 Å². The Bertz CT molecular complexity index is 465. The molecule has 0 aliphatic rings. The fourth-order valence-electron chi connectivity index (χ4n) is 1.57. The summed E-state index contributed by atoms with van der Waals surface area (Å²) >= 11 is 0. The molecule has 0 amide bonds. The molecule has 0 spiro atoms. The van der Waals surface area contributed by atoms with Crippen LogP contribution in [0, 0.1) is 17.7 Å². The molecule has 1 aromatic rings. The van der Waals surface area contributed by atoms with Crippen molar-refractivity contribution in [2.75, 3.05) is 40.1 Å². The Hall–Kier alpha value is -1.45. The Morgan fingerprint density at radius 3 is 2.67 bits per heavy atom. The number of aliphatic hydroxyl groups is 1. The lowest BCUT2D eigenvalue weighted by atomic mass is 10.1. The number of methoxy groups -OCH3 is 1. The number of rotatable bonds is 9. The molecule has 0 aromatic heterocycles. The van der Waals surface area contributed by atoms with Crippen molar-refractivity contribution >= 4 is 0 Å². The van der Waals surface area contributed by atoms with Crippen molar-refractivity contribution in [2.24, 2.45) is 0 Å². The molecule has 1 N–H and O–H groups in total. The van der Waals surface area contributed by atoms with Crippen molar-refractivity contribution < 1.29 is 23.7 Å². The minimum atomic E-state index is -0.351. The molecule has 0 aliphatic heterocycles. The second kappa shape index (κ2) is 11.2.